The van der Waals surface area contributed by atoms with Gasteiger partial charge in [0.05, 0.1) is 0 Å². The fraction of sp³-hybridized carbons (Fsp3) is 0.231. The summed E-state index contributed by atoms with van der Waals surface area (Å²) in [6.45, 7) is 2.87. The highest BCUT2D eigenvalue weighted by Crippen LogP contribution is 2.15. The van der Waals surface area contributed by atoms with Crippen LogP contribution in [0.5, 0.6) is 0 Å². The summed E-state index contributed by atoms with van der Waals surface area (Å²) in [5.41, 5.74) is 0.983. The molecule has 2 aromatic rings. The Labute approximate surface area is 98.9 Å². The lowest BCUT2D eigenvalue weighted by molar-refractivity contribution is 0.568. The number of hydrogen-bond donors (Lipinski definition) is 1. The van der Waals surface area contributed by atoms with Gasteiger partial charge in [-0.2, -0.15) is 0 Å². The van der Waals surface area contributed by atoms with E-state index in [0.717, 1.165) is 12.1 Å². The summed E-state index contributed by atoms with van der Waals surface area (Å²) in [5.74, 6) is -0.178. The van der Waals surface area contributed by atoms with Crippen LogP contribution >= 0.6 is 11.3 Å². The minimum absolute atomic E-state index is 0.165. The summed E-state index contributed by atoms with van der Waals surface area (Å²) in [6, 6.07) is 11.0. The highest BCUT2D eigenvalue weighted by atomic mass is 32.1. The largest absolute Gasteiger partial charge is 0.305 e. The molecule has 1 aromatic heterocycles. The van der Waals surface area contributed by atoms with Crippen LogP contribution in [0.3, 0.4) is 0 Å². The number of halogens is 1. The van der Waals surface area contributed by atoms with Crippen LogP contribution in [0, 0.1) is 5.82 Å². The van der Waals surface area contributed by atoms with Crippen LogP contribution in [0.2, 0.25) is 0 Å². The van der Waals surface area contributed by atoms with Crippen molar-refractivity contribution in [1.82, 2.24) is 5.32 Å². The van der Waals surface area contributed by atoms with Gasteiger partial charge in [-0.05, 0) is 36.1 Å². The Morgan fingerprint density at radius 1 is 1.31 bits per heavy atom. The van der Waals surface area contributed by atoms with E-state index in [1.165, 1.54) is 10.9 Å². The molecule has 1 N–H and O–H groups in total. The minimum Gasteiger partial charge on any atom is -0.305 e. The molecule has 0 saturated carbocycles. The lowest BCUT2D eigenvalue weighted by Gasteiger charge is -2.13. The molecule has 1 aromatic carbocycles. The van der Waals surface area contributed by atoms with Crippen LogP contribution in [0.25, 0.3) is 0 Å². The van der Waals surface area contributed by atoms with Crippen molar-refractivity contribution in [1.29, 1.82) is 0 Å². The van der Waals surface area contributed by atoms with E-state index in [-0.39, 0.29) is 11.9 Å². The van der Waals surface area contributed by atoms with Crippen LogP contribution in [0.15, 0.2) is 41.8 Å². The van der Waals surface area contributed by atoms with Crippen LogP contribution in [0.4, 0.5) is 4.39 Å². The summed E-state index contributed by atoms with van der Waals surface area (Å²) in [6.07, 6.45) is 0. The number of benzene rings is 1. The van der Waals surface area contributed by atoms with Crippen molar-refractivity contribution < 1.29 is 4.39 Å². The molecule has 0 spiro atoms. The topological polar surface area (TPSA) is 12.0 Å². The van der Waals surface area contributed by atoms with Gasteiger partial charge < -0.3 is 5.32 Å². The fourth-order valence-corrected chi connectivity index (χ4v) is 2.22. The lowest BCUT2D eigenvalue weighted by atomic mass is 10.1. The second-order valence-corrected chi connectivity index (χ2v) is 4.77. The number of rotatable bonds is 4. The van der Waals surface area contributed by atoms with Gasteiger partial charge >= 0.3 is 0 Å². The molecule has 0 aliphatic heterocycles. The van der Waals surface area contributed by atoms with E-state index < -0.39 is 0 Å². The van der Waals surface area contributed by atoms with Crippen LogP contribution in [-0.2, 0) is 6.54 Å². The van der Waals surface area contributed by atoms with Gasteiger partial charge in [-0.1, -0.05) is 18.2 Å². The van der Waals surface area contributed by atoms with E-state index in [1.54, 1.807) is 23.5 Å². The second kappa shape index (κ2) is 5.23. The standard InChI is InChI=1S/C13H14FNS/c1-10(11-4-2-5-12(14)8-11)15-9-13-6-3-7-16-13/h2-8,10,15H,9H2,1H3/t10-/m0/s1. The molecule has 0 amide bonds. The highest BCUT2D eigenvalue weighted by Gasteiger charge is 2.05. The summed E-state index contributed by atoms with van der Waals surface area (Å²) >= 11 is 1.73. The Bertz CT molecular complexity index is 439. The molecule has 0 aliphatic rings. The van der Waals surface area contributed by atoms with E-state index in [4.69, 9.17) is 0 Å². The Balaban J connectivity index is 1.95. The predicted octanol–water partition coefficient (Wildman–Crippen LogP) is 3.74. The van der Waals surface area contributed by atoms with Crippen molar-refractivity contribution in [3.05, 3.63) is 58.0 Å². The van der Waals surface area contributed by atoms with Gasteiger partial charge in [0.2, 0.25) is 0 Å². The monoisotopic (exact) mass is 235 g/mol. The zero-order valence-corrected chi connectivity index (χ0v) is 9.93. The van der Waals surface area contributed by atoms with Gasteiger partial charge in [0.25, 0.3) is 0 Å². The molecule has 1 atom stereocenters. The van der Waals surface area contributed by atoms with Gasteiger partial charge in [-0.15, -0.1) is 11.3 Å². The fourth-order valence-electron chi connectivity index (χ4n) is 1.56. The quantitative estimate of drug-likeness (QED) is 0.851. The molecule has 0 saturated heterocycles. The zero-order chi connectivity index (χ0) is 11.4. The van der Waals surface area contributed by atoms with Crippen LogP contribution in [0.1, 0.15) is 23.4 Å². The predicted molar refractivity (Wildman–Crippen MR) is 66.0 cm³/mol. The maximum atomic E-state index is 13.0. The van der Waals surface area contributed by atoms with Crippen molar-refractivity contribution in [2.75, 3.05) is 0 Å². The summed E-state index contributed by atoms with van der Waals surface area (Å²) in [7, 11) is 0. The SMILES string of the molecule is C[C@H](NCc1cccs1)c1cccc(F)c1. The van der Waals surface area contributed by atoms with Crippen molar-refractivity contribution in [2.24, 2.45) is 0 Å². The van der Waals surface area contributed by atoms with Crippen LogP contribution < -0.4 is 5.32 Å². The van der Waals surface area contributed by atoms with E-state index in [0.29, 0.717) is 0 Å². The third-order valence-corrected chi connectivity index (χ3v) is 3.39. The first-order valence-electron chi connectivity index (χ1n) is 5.27. The number of hydrogen-bond acceptors (Lipinski definition) is 2. The molecule has 0 fully saturated rings. The van der Waals surface area contributed by atoms with Gasteiger partial charge in [0.15, 0.2) is 0 Å². The summed E-state index contributed by atoms with van der Waals surface area (Å²) in [5, 5.41) is 5.43. The first kappa shape index (κ1) is 11.3. The second-order valence-electron chi connectivity index (χ2n) is 3.74. The number of nitrogens with one attached hydrogen (secondary N) is 1. The van der Waals surface area contributed by atoms with Gasteiger partial charge in [0, 0.05) is 17.5 Å². The zero-order valence-electron chi connectivity index (χ0n) is 9.11. The van der Waals surface area contributed by atoms with Crippen molar-refractivity contribution in [2.45, 2.75) is 19.5 Å². The number of thiophene rings is 1. The molecule has 0 aliphatic carbocycles. The first-order chi connectivity index (χ1) is 7.75. The molecule has 16 heavy (non-hydrogen) atoms. The van der Waals surface area contributed by atoms with Gasteiger partial charge in [-0.25, -0.2) is 4.39 Å². The van der Waals surface area contributed by atoms with E-state index in [2.05, 4.69) is 16.8 Å². The molecule has 0 unspecified atom stereocenters. The highest BCUT2D eigenvalue weighted by molar-refractivity contribution is 7.09. The first-order valence-corrected chi connectivity index (χ1v) is 6.15. The molecule has 2 rings (SSSR count). The molecule has 0 radical (unpaired) electrons. The Hall–Kier alpha value is -1.19. The average molecular weight is 235 g/mol. The normalized spacial score (nSPS) is 12.6. The van der Waals surface area contributed by atoms with Crippen LogP contribution in [-0.4, -0.2) is 0 Å². The van der Waals surface area contributed by atoms with E-state index in [1.807, 2.05) is 19.1 Å². The third kappa shape index (κ3) is 2.90. The maximum Gasteiger partial charge on any atom is 0.123 e. The molecular formula is C13H14FNS. The molecule has 1 nitrogen and oxygen atoms in total. The molecular weight excluding hydrogens is 221 g/mol. The Morgan fingerprint density at radius 2 is 2.19 bits per heavy atom. The lowest BCUT2D eigenvalue weighted by Crippen LogP contribution is -2.17. The molecule has 84 valence electrons. The molecule has 1 heterocycles. The minimum atomic E-state index is -0.178. The molecule has 3 heteroatoms. The Kier molecular flexibility index (Phi) is 3.70. The summed E-state index contributed by atoms with van der Waals surface area (Å²) in [4.78, 5) is 1.29. The van der Waals surface area contributed by atoms with Gasteiger partial charge in [-0.3, -0.25) is 0 Å². The smallest absolute Gasteiger partial charge is 0.123 e. The third-order valence-electron chi connectivity index (χ3n) is 2.51. The molecule has 0 bridgehead atoms. The maximum absolute atomic E-state index is 13.0. The van der Waals surface area contributed by atoms with E-state index >= 15 is 0 Å². The van der Waals surface area contributed by atoms with Crippen molar-refractivity contribution in [3.63, 3.8) is 0 Å². The van der Waals surface area contributed by atoms with Crippen molar-refractivity contribution >= 4 is 11.3 Å². The van der Waals surface area contributed by atoms with E-state index in [9.17, 15) is 4.39 Å². The Morgan fingerprint density at radius 3 is 2.88 bits per heavy atom. The average Bonchev–Trinajstić information content (AvgIpc) is 2.78. The van der Waals surface area contributed by atoms with Gasteiger partial charge in [0.1, 0.15) is 5.82 Å². The summed E-state index contributed by atoms with van der Waals surface area (Å²) < 4.78 is 13.0. The van der Waals surface area contributed by atoms with Crippen molar-refractivity contribution in [3.8, 4) is 0 Å².